The molecule has 1 saturated carbocycles. The Morgan fingerprint density at radius 1 is 1.35 bits per heavy atom. The lowest BCUT2D eigenvalue weighted by Crippen LogP contribution is -2.13. The fourth-order valence-corrected chi connectivity index (χ4v) is 2.09. The molecule has 1 aliphatic carbocycles. The van der Waals surface area contributed by atoms with Gasteiger partial charge in [0.25, 0.3) is 0 Å². The molecule has 0 unspecified atom stereocenters. The van der Waals surface area contributed by atoms with Crippen LogP contribution in [0.2, 0.25) is 0 Å². The summed E-state index contributed by atoms with van der Waals surface area (Å²) in [6, 6.07) is 5.69. The zero-order valence-corrected chi connectivity index (χ0v) is 10.4. The Morgan fingerprint density at radius 3 is 2.82 bits per heavy atom. The number of hydrogen-bond donors (Lipinski definition) is 1. The third-order valence-electron chi connectivity index (χ3n) is 3.46. The molecule has 2 rings (SSSR count). The van der Waals surface area contributed by atoms with Crippen molar-refractivity contribution in [3.63, 3.8) is 0 Å². The zero-order chi connectivity index (χ0) is 12.1. The molecule has 0 aromatic heterocycles. The second-order valence-electron chi connectivity index (χ2n) is 4.71. The molecule has 0 aliphatic heterocycles. The SMILES string of the molecule is COc1cc(N)ccc1COCCC1CCC1. The third kappa shape index (κ3) is 3.37. The van der Waals surface area contributed by atoms with E-state index < -0.39 is 0 Å². The van der Waals surface area contributed by atoms with Gasteiger partial charge in [0.2, 0.25) is 0 Å². The van der Waals surface area contributed by atoms with Gasteiger partial charge in [0.05, 0.1) is 13.7 Å². The molecule has 0 saturated heterocycles. The van der Waals surface area contributed by atoms with Crippen LogP contribution < -0.4 is 10.5 Å². The number of anilines is 1. The molecule has 0 amide bonds. The van der Waals surface area contributed by atoms with Gasteiger partial charge in [0, 0.05) is 23.9 Å². The van der Waals surface area contributed by atoms with E-state index in [2.05, 4.69) is 0 Å². The maximum absolute atomic E-state index is 5.70. The number of hydrogen-bond acceptors (Lipinski definition) is 3. The van der Waals surface area contributed by atoms with Crippen LogP contribution in [0, 0.1) is 5.92 Å². The highest BCUT2D eigenvalue weighted by Gasteiger charge is 2.16. The summed E-state index contributed by atoms with van der Waals surface area (Å²) in [5, 5.41) is 0. The van der Waals surface area contributed by atoms with Crippen molar-refractivity contribution in [2.24, 2.45) is 5.92 Å². The molecule has 1 aliphatic rings. The van der Waals surface area contributed by atoms with Crippen LogP contribution in [0.5, 0.6) is 5.75 Å². The van der Waals surface area contributed by atoms with Crippen molar-refractivity contribution >= 4 is 5.69 Å². The van der Waals surface area contributed by atoms with Crippen LogP contribution in [0.4, 0.5) is 5.69 Å². The highest BCUT2D eigenvalue weighted by molar-refractivity contribution is 5.48. The standard InChI is InChI=1S/C14H21NO2/c1-16-14-9-13(15)6-5-12(14)10-17-8-7-11-3-2-4-11/h5-6,9,11H,2-4,7-8,10,15H2,1H3. The summed E-state index contributed by atoms with van der Waals surface area (Å²) >= 11 is 0. The van der Waals surface area contributed by atoms with Crippen molar-refractivity contribution in [2.45, 2.75) is 32.3 Å². The predicted octanol–water partition coefficient (Wildman–Crippen LogP) is 2.98. The largest absolute Gasteiger partial charge is 0.496 e. The van der Waals surface area contributed by atoms with Gasteiger partial charge >= 0.3 is 0 Å². The van der Waals surface area contributed by atoms with Crippen molar-refractivity contribution in [2.75, 3.05) is 19.5 Å². The molecule has 0 spiro atoms. The Kier molecular flexibility index (Phi) is 4.26. The van der Waals surface area contributed by atoms with Gasteiger partial charge in [0.15, 0.2) is 0 Å². The zero-order valence-electron chi connectivity index (χ0n) is 10.4. The van der Waals surface area contributed by atoms with Crippen molar-refractivity contribution in [1.29, 1.82) is 0 Å². The summed E-state index contributed by atoms with van der Waals surface area (Å²) in [6.45, 7) is 1.45. The lowest BCUT2D eigenvalue weighted by molar-refractivity contribution is 0.0936. The van der Waals surface area contributed by atoms with E-state index in [4.69, 9.17) is 15.2 Å². The van der Waals surface area contributed by atoms with E-state index in [0.29, 0.717) is 6.61 Å². The van der Waals surface area contributed by atoms with Gasteiger partial charge in [-0.15, -0.1) is 0 Å². The van der Waals surface area contributed by atoms with Crippen LogP contribution in [0.3, 0.4) is 0 Å². The molecule has 1 aromatic rings. The Hall–Kier alpha value is -1.22. The van der Waals surface area contributed by atoms with E-state index in [9.17, 15) is 0 Å². The Morgan fingerprint density at radius 2 is 2.18 bits per heavy atom. The number of rotatable bonds is 6. The van der Waals surface area contributed by atoms with Crippen molar-refractivity contribution in [1.82, 2.24) is 0 Å². The van der Waals surface area contributed by atoms with Crippen molar-refractivity contribution in [3.05, 3.63) is 23.8 Å². The second-order valence-corrected chi connectivity index (χ2v) is 4.71. The third-order valence-corrected chi connectivity index (χ3v) is 3.46. The van der Waals surface area contributed by atoms with Gasteiger partial charge in [-0.2, -0.15) is 0 Å². The van der Waals surface area contributed by atoms with Gasteiger partial charge in [-0.05, 0) is 18.4 Å². The van der Waals surface area contributed by atoms with E-state index in [1.165, 1.54) is 25.7 Å². The molecule has 0 radical (unpaired) electrons. The molecule has 3 nitrogen and oxygen atoms in total. The van der Waals surface area contributed by atoms with E-state index in [1.807, 2.05) is 18.2 Å². The minimum atomic E-state index is 0.607. The number of benzene rings is 1. The van der Waals surface area contributed by atoms with Crippen molar-refractivity contribution in [3.8, 4) is 5.75 Å². The number of nitrogen functional groups attached to an aromatic ring is 1. The van der Waals surface area contributed by atoms with Gasteiger partial charge in [-0.3, -0.25) is 0 Å². The smallest absolute Gasteiger partial charge is 0.126 e. The van der Waals surface area contributed by atoms with E-state index >= 15 is 0 Å². The molecule has 2 N–H and O–H groups in total. The molecular weight excluding hydrogens is 214 g/mol. The van der Waals surface area contributed by atoms with Crippen LogP contribution in [0.15, 0.2) is 18.2 Å². The Labute approximate surface area is 103 Å². The first-order valence-electron chi connectivity index (χ1n) is 6.29. The van der Waals surface area contributed by atoms with E-state index in [-0.39, 0.29) is 0 Å². The summed E-state index contributed by atoms with van der Waals surface area (Å²) < 4.78 is 11.0. The Bertz CT molecular complexity index is 361. The van der Waals surface area contributed by atoms with E-state index in [0.717, 1.165) is 29.5 Å². The Balaban J connectivity index is 1.77. The summed E-state index contributed by atoms with van der Waals surface area (Å²) in [7, 11) is 1.66. The molecule has 0 bridgehead atoms. The first kappa shape index (κ1) is 12.2. The summed E-state index contributed by atoms with van der Waals surface area (Å²) in [4.78, 5) is 0. The van der Waals surface area contributed by atoms with Gasteiger partial charge < -0.3 is 15.2 Å². The maximum atomic E-state index is 5.70. The minimum absolute atomic E-state index is 0.607. The topological polar surface area (TPSA) is 44.5 Å². The first-order valence-corrected chi connectivity index (χ1v) is 6.29. The summed E-state index contributed by atoms with van der Waals surface area (Å²) in [6.07, 6.45) is 5.36. The van der Waals surface area contributed by atoms with E-state index in [1.54, 1.807) is 7.11 Å². The molecule has 1 fully saturated rings. The summed E-state index contributed by atoms with van der Waals surface area (Å²) in [5.74, 6) is 1.72. The highest BCUT2D eigenvalue weighted by Crippen LogP contribution is 2.29. The predicted molar refractivity (Wildman–Crippen MR) is 69.0 cm³/mol. The molecular formula is C14H21NO2. The van der Waals surface area contributed by atoms with Gasteiger partial charge in [-0.1, -0.05) is 25.3 Å². The first-order chi connectivity index (χ1) is 8.29. The van der Waals surface area contributed by atoms with Gasteiger partial charge in [0.1, 0.15) is 5.75 Å². The fourth-order valence-electron chi connectivity index (χ4n) is 2.09. The average molecular weight is 235 g/mol. The average Bonchev–Trinajstić information content (AvgIpc) is 2.28. The van der Waals surface area contributed by atoms with Crippen LogP contribution in [0.25, 0.3) is 0 Å². The summed E-state index contributed by atoms with van der Waals surface area (Å²) in [5.41, 5.74) is 7.49. The molecule has 3 heteroatoms. The lowest BCUT2D eigenvalue weighted by Gasteiger charge is -2.24. The molecule has 94 valence electrons. The normalized spacial score (nSPS) is 15.6. The highest BCUT2D eigenvalue weighted by atomic mass is 16.5. The van der Waals surface area contributed by atoms with Gasteiger partial charge in [-0.25, -0.2) is 0 Å². The fraction of sp³-hybridized carbons (Fsp3) is 0.571. The van der Waals surface area contributed by atoms with Crippen LogP contribution >= 0.6 is 0 Å². The molecule has 0 atom stereocenters. The number of ether oxygens (including phenoxy) is 2. The minimum Gasteiger partial charge on any atom is -0.496 e. The maximum Gasteiger partial charge on any atom is 0.126 e. The van der Waals surface area contributed by atoms with Crippen molar-refractivity contribution < 1.29 is 9.47 Å². The second kappa shape index (κ2) is 5.92. The lowest BCUT2D eigenvalue weighted by atomic mass is 9.83. The molecule has 1 aromatic carbocycles. The molecule has 0 heterocycles. The van der Waals surface area contributed by atoms with Crippen LogP contribution in [-0.4, -0.2) is 13.7 Å². The number of nitrogens with two attached hydrogens (primary N) is 1. The number of methoxy groups -OCH3 is 1. The quantitative estimate of drug-likeness (QED) is 0.609. The monoisotopic (exact) mass is 235 g/mol. The van der Waals surface area contributed by atoms with Crippen LogP contribution in [-0.2, 0) is 11.3 Å². The molecule has 17 heavy (non-hydrogen) atoms. The van der Waals surface area contributed by atoms with Crippen LogP contribution in [0.1, 0.15) is 31.2 Å².